The van der Waals surface area contributed by atoms with E-state index in [-0.39, 0.29) is 63.6 Å². The van der Waals surface area contributed by atoms with E-state index in [9.17, 15) is 29.4 Å². The summed E-state index contributed by atoms with van der Waals surface area (Å²) in [7, 11) is 0. The summed E-state index contributed by atoms with van der Waals surface area (Å²) in [5, 5.41) is 21.9. The molecule has 0 bridgehead atoms. The maximum atomic E-state index is 14.1. The van der Waals surface area contributed by atoms with Crippen LogP contribution in [-0.2, 0) is 23.9 Å². The van der Waals surface area contributed by atoms with Crippen molar-refractivity contribution in [1.29, 1.82) is 0 Å². The Bertz CT molecular complexity index is 1510. The third-order valence-corrected chi connectivity index (χ3v) is 16.9. The van der Waals surface area contributed by atoms with E-state index in [4.69, 9.17) is 10.5 Å². The third kappa shape index (κ3) is 5.92. The number of aliphatic carboxylic acids is 1. The number of rotatable bonds is 9. The van der Waals surface area contributed by atoms with Crippen LogP contribution in [0.4, 0.5) is 0 Å². The van der Waals surface area contributed by atoms with Gasteiger partial charge in [-0.25, -0.2) is 0 Å². The second-order valence-corrected chi connectivity index (χ2v) is 20.6. The second-order valence-electron chi connectivity index (χ2n) is 20.6. The van der Waals surface area contributed by atoms with Gasteiger partial charge >= 0.3 is 11.9 Å². The Hall–Kier alpha value is -2.26. The van der Waals surface area contributed by atoms with Crippen LogP contribution in [0.25, 0.3) is 0 Å². The molecule has 52 heavy (non-hydrogen) atoms. The fourth-order valence-electron chi connectivity index (χ4n) is 13.7. The largest absolute Gasteiger partial charge is 0.481 e. The molecular formula is C43H68N2O7. The van der Waals surface area contributed by atoms with Crippen LogP contribution in [0.1, 0.15) is 139 Å². The van der Waals surface area contributed by atoms with Gasteiger partial charge in [0.1, 0.15) is 6.10 Å². The molecule has 0 aromatic heterocycles. The molecule has 4 saturated carbocycles. The lowest BCUT2D eigenvalue weighted by Crippen LogP contribution is -2.66. The van der Waals surface area contributed by atoms with Crippen molar-refractivity contribution in [3.63, 3.8) is 0 Å². The van der Waals surface area contributed by atoms with Gasteiger partial charge in [0.05, 0.1) is 17.9 Å². The molecule has 292 valence electrons. The van der Waals surface area contributed by atoms with Gasteiger partial charge in [-0.3, -0.25) is 19.2 Å². The van der Waals surface area contributed by atoms with Crippen LogP contribution in [0.3, 0.4) is 0 Å². The highest BCUT2D eigenvalue weighted by Gasteiger charge is 2.71. The fraction of sp³-hybridized carbons (Fsp3) is 0.860. The van der Waals surface area contributed by atoms with Gasteiger partial charge in [-0.15, -0.1) is 0 Å². The number of piperidine rings is 1. The van der Waals surface area contributed by atoms with Crippen LogP contribution >= 0.6 is 0 Å². The number of aliphatic hydroxyl groups is 1. The number of hydrogen-bond acceptors (Lipinski definition) is 7. The van der Waals surface area contributed by atoms with Crippen molar-refractivity contribution < 1.29 is 34.1 Å². The van der Waals surface area contributed by atoms with E-state index in [1.165, 1.54) is 5.57 Å². The number of amides is 1. The summed E-state index contributed by atoms with van der Waals surface area (Å²) in [6.45, 7) is 21.6. The number of nitrogens with two attached hydrogens (primary N) is 1. The molecule has 0 aromatic carbocycles. The normalized spacial score (nSPS) is 40.0. The molecule has 0 aromatic rings. The number of carbonyl (C=O) groups excluding carboxylic acids is 3. The number of primary amides is 1. The summed E-state index contributed by atoms with van der Waals surface area (Å²) in [6, 6.07) is 0. The van der Waals surface area contributed by atoms with Crippen molar-refractivity contribution in [1.82, 2.24) is 4.90 Å². The minimum atomic E-state index is -1.17. The van der Waals surface area contributed by atoms with Crippen LogP contribution < -0.4 is 5.73 Å². The van der Waals surface area contributed by atoms with Crippen LogP contribution in [0.5, 0.6) is 0 Å². The zero-order valence-electron chi connectivity index (χ0n) is 33.6. The standard InChI is InChI=1S/C43H68N2O7/c1-25(2)34-28(46)22-43(31(47)24-45-20-14-26(15-21-45)36(44)49)19-18-41(8)27(35(34)43)10-11-30-40(7)16-13-32(52-33(48)23-38(3,4)37(50)51)39(5,6)29(40)12-17-42(30,41)9/h25-27,29-32,47H,10-24H2,1-9H3,(H2,44,49)(H,50,51)/t27-,29+,30-,31?,32+,40+,41-,42-,43?/m1/s1. The Kier molecular flexibility index (Phi) is 10.0. The van der Waals surface area contributed by atoms with Crippen molar-refractivity contribution >= 4 is 23.6 Å². The summed E-state index contributed by atoms with van der Waals surface area (Å²) in [5.74, 6) is -0.347. The number of carbonyl (C=O) groups is 4. The van der Waals surface area contributed by atoms with Crippen LogP contribution in [0.2, 0.25) is 0 Å². The molecule has 1 heterocycles. The number of fused-ring (bicyclic) bond motifs is 7. The number of carboxylic acids is 1. The molecule has 1 aliphatic heterocycles. The highest BCUT2D eigenvalue weighted by molar-refractivity contribution is 6.00. The van der Waals surface area contributed by atoms with Crippen molar-refractivity contribution in [3.8, 4) is 0 Å². The molecule has 1 amide bonds. The zero-order valence-corrected chi connectivity index (χ0v) is 33.6. The molecule has 0 spiro atoms. The Morgan fingerprint density at radius 1 is 0.904 bits per heavy atom. The molecule has 4 N–H and O–H groups in total. The first-order chi connectivity index (χ1) is 24.0. The van der Waals surface area contributed by atoms with E-state index >= 15 is 0 Å². The Balaban J connectivity index is 1.27. The summed E-state index contributed by atoms with van der Waals surface area (Å²) in [6.07, 6.45) is 8.55. The lowest BCUT2D eigenvalue weighted by molar-refractivity contribution is -0.235. The van der Waals surface area contributed by atoms with E-state index in [0.717, 1.165) is 82.9 Å². The van der Waals surface area contributed by atoms with Gasteiger partial charge in [0.25, 0.3) is 0 Å². The highest BCUT2D eigenvalue weighted by atomic mass is 16.5. The number of carboxylic acid groups (broad SMARTS) is 1. The van der Waals surface area contributed by atoms with Gasteiger partial charge in [-0.1, -0.05) is 54.0 Å². The minimum absolute atomic E-state index is 0.0249. The first-order valence-electron chi connectivity index (χ1n) is 20.5. The number of likely N-dealkylation sites (tertiary alicyclic amines) is 1. The van der Waals surface area contributed by atoms with E-state index in [1.807, 2.05) is 0 Å². The van der Waals surface area contributed by atoms with Gasteiger partial charge in [0.15, 0.2) is 5.78 Å². The number of aliphatic hydroxyl groups excluding tert-OH is 1. The summed E-state index contributed by atoms with van der Waals surface area (Å²) >= 11 is 0. The predicted octanol–water partition coefficient (Wildman–Crippen LogP) is 6.94. The maximum absolute atomic E-state index is 14.1. The molecule has 0 radical (unpaired) electrons. The topological polar surface area (TPSA) is 147 Å². The number of hydrogen-bond donors (Lipinski definition) is 3. The number of ether oxygens (including phenoxy) is 1. The summed E-state index contributed by atoms with van der Waals surface area (Å²) in [4.78, 5) is 53.0. The first kappa shape index (κ1) is 39.4. The van der Waals surface area contributed by atoms with Crippen molar-refractivity contribution in [2.45, 2.75) is 152 Å². The van der Waals surface area contributed by atoms with E-state index < -0.39 is 28.9 Å². The first-order valence-corrected chi connectivity index (χ1v) is 20.5. The predicted molar refractivity (Wildman–Crippen MR) is 200 cm³/mol. The van der Waals surface area contributed by atoms with E-state index in [0.29, 0.717) is 24.8 Å². The van der Waals surface area contributed by atoms with Gasteiger partial charge in [-0.05, 0) is 137 Å². The van der Waals surface area contributed by atoms with Gasteiger partial charge in [0, 0.05) is 29.7 Å². The van der Waals surface area contributed by atoms with Crippen LogP contribution in [0.15, 0.2) is 11.1 Å². The molecule has 1 saturated heterocycles. The smallest absolute Gasteiger partial charge is 0.309 e. The second kappa shape index (κ2) is 13.2. The molecular weight excluding hydrogens is 656 g/mol. The van der Waals surface area contributed by atoms with Crippen molar-refractivity contribution in [3.05, 3.63) is 11.1 Å². The molecule has 9 atom stereocenters. The van der Waals surface area contributed by atoms with Gasteiger partial charge in [-0.2, -0.15) is 0 Å². The number of esters is 1. The van der Waals surface area contributed by atoms with Gasteiger partial charge in [0.2, 0.25) is 5.91 Å². The van der Waals surface area contributed by atoms with Crippen molar-refractivity contribution in [2.75, 3.05) is 19.6 Å². The Morgan fingerprint density at radius 2 is 1.56 bits per heavy atom. The maximum Gasteiger partial charge on any atom is 0.309 e. The van der Waals surface area contributed by atoms with E-state index in [1.54, 1.807) is 13.8 Å². The number of allylic oxidation sites excluding steroid dienone is 1. The monoisotopic (exact) mass is 725 g/mol. The summed E-state index contributed by atoms with van der Waals surface area (Å²) < 4.78 is 6.16. The number of nitrogens with zero attached hydrogens (tertiary/aromatic N) is 1. The van der Waals surface area contributed by atoms with Crippen LogP contribution in [-0.4, -0.2) is 70.6 Å². The number of β-amino-alcohol motifs (C(OH)–C–C–N with tert-alkyl or cyclic N) is 1. The lowest BCUT2D eigenvalue weighted by Gasteiger charge is -2.72. The lowest BCUT2D eigenvalue weighted by atomic mass is 9.33. The van der Waals surface area contributed by atoms with Crippen molar-refractivity contribution in [2.24, 2.45) is 67.8 Å². The SMILES string of the molecule is CC(C)C1=C2[C@H]3CC[C@@H]4[C@@]5(C)CC[C@H](OC(=O)CC(C)(C)C(=O)O)C(C)(C)[C@@H]5CC[C@@]4(C)[C@]3(C)CCC2(C(O)CN2CCC(C(N)=O)CC2)CC1=O. The molecule has 9 heteroatoms. The Morgan fingerprint density at radius 3 is 2.15 bits per heavy atom. The fourth-order valence-corrected chi connectivity index (χ4v) is 13.7. The highest BCUT2D eigenvalue weighted by Crippen LogP contribution is 2.77. The number of Topliss-reactive ketones (excluding diaryl/α,β-unsaturated/α-hetero) is 1. The molecule has 9 nitrogen and oxygen atoms in total. The third-order valence-electron chi connectivity index (χ3n) is 16.9. The quantitative estimate of drug-likeness (QED) is 0.217. The summed E-state index contributed by atoms with van der Waals surface area (Å²) in [5.41, 5.74) is 6.00. The number of ketones is 1. The molecule has 2 unspecified atom stereocenters. The molecule has 6 rings (SSSR count). The van der Waals surface area contributed by atoms with E-state index in [2.05, 4.69) is 53.4 Å². The Labute approximate surface area is 312 Å². The van der Waals surface area contributed by atoms with Gasteiger partial charge < -0.3 is 25.6 Å². The average Bonchev–Trinajstić information content (AvgIpc) is 3.36. The minimum Gasteiger partial charge on any atom is -0.481 e. The molecule has 6 aliphatic rings. The average molecular weight is 725 g/mol. The van der Waals surface area contributed by atoms with Crippen LogP contribution in [0, 0.1) is 62.1 Å². The molecule has 5 fully saturated rings. The zero-order chi connectivity index (χ0) is 38.4. The molecule has 5 aliphatic carbocycles.